The summed E-state index contributed by atoms with van der Waals surface area (Å²) in [4.78, 5) is 16.0. The maximum Gasteiger partial charge on any atom is 0.410 e. The molecule has 3 rings (SSSR count). The summed E-state index contributed by atoms with van der Waals surface area (Å²) in [7, 11) is 1.88. The third-order valence-corrected chi connectivity index (χ3v) is 4.80. The molecule has 1 amide bonds. The zero-order valence-electron chi connectivity index (χ0n) is 15.6. The van der Waals surface area contributed by atoms with E-state index in [2.05, 4.69) is 5.32 Å². The Bertz CT molecular complexity index is 741. The van der Waals surface area contributed by atoms with Crippen molar-refractivity contribution in [1.82, 2.24) is 10.2 Å². The first kappa shape index (κ1) is 19.2. The summed E-state index contributed by atoms with van der Waals surface area (Å²) in [5.41, 5.74) is 1.57. The van der Waals surface area contributed by atoms with E-state index in [9.17, 15) is 9.18 Å². The predicted molar refractivity (Wildman–Crippen MR) is 104 cm³/mol. The molecule has 6 heteroatoms. The van der Waals surface area contributed by atoms with Crippen LogP contribution in [0.5, 0.6) is 0 Å². The van der Waals surface area contributed by atoms with Gasteiger partial charge >= 0.3 is 6.09 Å². The molecule has 0 spiro atoms. The number of carbonyl (C=O) groups is 1. The molecule has 1 aliphatic heterocycles. The molecule has 1 heterocycles. The van der Waals surface area contributed by atoms with Gasteiger partial charge in [0.15, 0.2) is 0 Å². The van der Waals surface area contributed by atoms with Crippen molar-refractivity contribution in [2.45, 2.75) is 19.1 Å². The average molecular weight is 371 g/mol. The molecule has 1 saturated heterocycles. The number of halogens is 1. The number of amides is 1. The zero-order chi connectivity index (χ0) is 19.1. The van der Waals surface area contributed by atoms with Gasteiger partial charge < -0.3 is 19.9 Å². The van der Waals surface area contributed by atoms with E-state index in [-0.39, 0.29) is 24.6 Å². The number of hydrogen-bond donors (Lipinski definition) is 1. The van der Waals surface area contributed by atoms with Crippen molar-refractivity contribution >= 4 is 11.8 Å². The molecule has 144 valence electrons. The first-order valence-corrected chi connectivity index (χ1v) is 9.28. The highest BCUT2D eigenvalue weighted by atomic mass is 19.1. The van der Waals surface area contributed by atoms with E-state index in [1.807, 2.05) is 48.3 Å². The highest BCUT2D eigenvalue weighted by molar-refractivity contribution is 5.67. The van der Waals surface area contributed by atoms with Crippen LogP contribution in [0.2, 0.25) is 0 Å². The number of nitrogens with zero attached hydrogens (tertiary/aromatic N) is 2. The van der Waals surface area contributed by atoms with Crippen LogP contribution in [-0.4, -0.2) is 50.3 Å². The van der Waals surface area contributed by atoms with Crippen LogP contribution in [0.3, 0.4) is 0 Å². The second-order valence-electron chi connectivity index (χ2n) is 6.80. The van der Waals surface area contributed by atoms with E-state index in [4.69, 9.17) is 4.74 Å². The van der Waals surface area contributed by atoms with Crippen molar-refractivity contribution in [2.24, 2.45) is 0 Å². The Hall–Kier alpha value is -2.60. The number of benzene rings is 2. The van der Waals surface area contributed by atoms with Crippen LogP contribution in [0.25, 0.3) is 0 Å². The van der Waals surface area contributed by atoms with Crippen molar-refractivity contribution in [3.05, 3.63) is 66.0 Å². The molecule has 0 aromatic heterocycles. The number of piperazine rings is 1. The fraction of sp³-hybridized carbons (Fsp3) is 0.381. The van der Waals surface area contributed by atoms with Crippen LogP contribution in [0.15, 0.2) is 54.6 Å². The SMILES string of the molecule is CN(CC[C@@H]1CN(C(=O)OCc2ccccc2)CCN1)c1ccccc1F. The lowest BCUT2D eigenvalue weighted by Crippen LogP contribution is -2.53. The highest BCUT2D eigenvalue weighted by Gasteiger charge is 2.24. The Labute approximate surface area is 159 Å². The number of carbonyl (C=O) groups excluding carboxylic acids is 1. The van der Waals surface area contributed by atoms with Gasteiger partial charge in [0.25, 0.3) is 0 Å². The Morgan fingerprint density at radius 1 is 1.22 bits per heavy atom. The number of hydrogen-bond acceptors (Lipinski definition) is 4. The van der Waals surface area contributed by atoms with Crippen molar-refractivity contribution in [1.29, 1.82) is 0 Å². The largest absolute Gasteiger partial charge is 0.445 e. The lowest BCUT2D eigenvalue weighted by atomic mass is 10.1. The molecule has 0 unspecified atom stereocenters. The van der Waals surface area contributed by atoms with Crippen molar-refractivity contribution < 1.29 is 13.9 Å². The molecule has 1 N–H and O–H groups in total. The van der Waals surface area contributed by atoms with Crippen LogP contribution in [-0.2, 0) is 11.3 Å². The second-order valence-corrected chi connectivity index (χ2v) is 6.80. The summed E-state index contributed by atoms with van der Waals surface area (Å²) in [5.74, 6) is -0.220. The summed E-state index contributed by atoms with van der Waals surface area (Å²) in [6, 6.07) is 16.6. The van der Waals surface area contributed by atoms with E-state index in [1.165, 1.54) is 6.07 Å². The minimum absolute atomic E-state index is 0.164. The van der Waals surface area contributed by atoms with Gasteiger partial charge in [0.1, 0.15) is 12.4 Å². The fourth-order valence-electron chi connectivity index (χ4n) is 3.23. The zero-order valence-corrected chi connectivity index (χ0v) is 15.6. The van der Waals surface area contributed by atoms with Gasteiger partial charge in [-0.1, -0.05) is 42.5 Å². The van der Waals surface area contributed by atoms with Gasteiger partial charge in [-0.2, -0.15) is 0 Å². The van der Waals surface area contributed by atoms with Gasteiger partial charge in [0, 0.05) is 39.3 Å². The van der Waals surface area contributed by atoms with Crippen LogP contribution < -0.4 is 10.2 Å². The van der Waals surface area contributed by atoms with Crippen LogP contribution in [0.4, 0.5) is 14.9 Å². The molecule has 0 radical (unpaired) electrons. The summed E-state index contributed by atoms with van der Waals surface area (Å²) < 4.78 is 19.3. The summed E-state index contributed by atoms with van der Waals surface area (Å²) in [6.07, 6.45) is 0.528. The number of rotatable bonds is 6. The minimum Gasteiger partial charge on any atom is -0.445 e. The van der Waals surface area contributed by atoms with Crippen molar-refractivity contribution in [2.75, 3.05) is 38.1 Å². The van der Waals surface area contributed by atoms with Gasteiger partial charge in [-0.25, -0.2) is 9.18 Å². The molecule has 1 atom stereocenters. The third kappa shape index (κ3) is 5.44. The lowest BCUT2D eigenvalue weighted by molar-refractivity contribution is 0.0844. The van der Waals surface area contributed by atoms with E-state index in [0.717, 1.165) is 18.5 Å². The van der Waals surface area contributed by atoms with Crippen LogP contribution in [0, 0.1) is 5.82 Å². The summed E-state index contributed by atoms with van der Waals surface area (Å²) in [6.45, 7) is 2.94. The quantitative estimate of drug-likeness (QED) is 0.847. The molecular formula is C21H26FN3O2. The molecule has 1 aliphatic rings. The molecule has 2 aromatic rings. The maximum absolute atomic E-state index is 13.9. The summed E-state index contributed by atoms with van der Waals surface area (Å²) >= 11 is 0. The van der Waals surface area contributed by atoms with E-state index in [0.29, 0.717) is 25.3 Å². The Morgan fingerprint density at radius 3 is 2.74 bits per heavy atom. The number of nitrogens with one attached hydrogen (secondary N) is 1. The maximum atomic E-state index is 13.9. The molecule has 27 heavy (non-hydrogen) atoms. The van der Waals surface area contributed by atoms with Gasteiger partial charge in [-0.05, 0) is 24.1 Å². The normalized spacial score (nSPS) is 16.8. The molecule has 2 aromatic carbocycles. The highest BCUT2D eigenvalue weighted by Crippen LogP contribution is 2.18. The fourth-order valence-corrected chi connectivity index (χ4v) is 3.23. The molecular weight excluding hydrogens is 345 g/mol. The minimum atomic E-state index is -0.284. The predicted octanol–water partition coefficient (Wildman–Crippen LogP) is 3.26. The van der Waals surface area contributed by atoms with Crippen molar-refractivity contribution in [3.8, 4) is 0 Å². The number of para-hydroxylation sites is 1. The van der Waals surface area contributed by atoms with Gasteiger partial charge in [0.2, 0.25) is 0 Å². The molecule has 5 nitrogen and oxygen atoms in total. The first-order valence-electron chi connectivity index (χ1n) is 9.28. The third-order valence-electron chi connectivity index (χ3n) is 4.80. The smallest absolute Gasteiger partial charge is 0.410 e. The van der Waals surface area contributed by atoms with Crippen molar-refractivity contribution in [3.63, 3.8) is 0 Å². The lowest BCUT2D eigenvalue weighted by Gasteiger charge is -2.34. The van der Waals surface area contributed by atoms with Gasteiger partial charge in [-0.3, -0.25) is 0 Å². The van der Waals surface area contributed by atoms with E-state index in [1.54, 1.807) is 17.0 Å². The van der Waals surface area contributed by atoms with Crippen LogP contribution >= 0.6 is 0 Å². The average Bonchev–Trinajstić information content (AvgIpc) is 2.71. The number of anilines is 1. The van der Waals surface area contributed by atoms with Gasteiger partial charge in [-0.15, -0.1) is 0 Å². The topological polar surface area (TPSA) is 44.8 Å². The summed E-state index contributed by atoms with van der Waals surface area (Å²) in [5, 5.41) is 3.43. The Kier molecular flexibility index (Phi) is 6.65. The number of ether oxygens (including phenoxy) is 1. The van der Waals surface area contributed by atoms with E-state index >= 15 is 0 Å². The Balaban J connectivity index is 1.46. The molecule has 0 aliphatic carbocycles. The standard InChI is InChI=1S/C21H26FN3O2/c1-24(20-10-6-5-9-19(20)22)13-11-18-15-25(14-12-23-18)21(26)27-16-17-7-3-2-4-8-17/h2-10,18,23H,11-16H2,1H3/t18-/m1/s1. The van der Waals surface area contributed by atoms with E-state index < -0.39 is 0 Å². The van der Waals surface area contributed by atoms with Gasteiger partial charge in [0.05, 0.1) is 5.69 Å². The molecule has 0 bridgehead atoms. The molecule has 1 fully saturated rings. The Morgan fingerprint density at radius 2 is 1.96 bits per heavy atom. The monoisotopic (exact) mass is 371 g/mol. The first-order chi connectivity index (χ1) is 13.1. The molecule has 0 saturated carbocycles. The second kappa shape index (κ2) is 9.37. The van der Waals surface area contributed by atoms with Crippen LogP contribution in [0.1, 0.15) is 12.0 Å².